The SMILES string of the molecule is Nc1cccnc1NC(=O)c1cnn2ccncc12. The van der Waals surface area contributed by atoms with Crippen LogP contribution in [-0.4, -0.2) is 25.5 Å². The van der Waals surface area contributed by atoms with E-state index in [1.54, 1.807) is 41.4 Å². The molecule has 3 aromatic heterocycles. The van der Waals surface area contributed by atoms with Crippen molar-refractivity contribution in [3.63, 3.8) is 0 Å². The third-order valence-electron chi connectivity index (χ3n) is 2.64. The van der Waals surface area contributed by atoms with Crippen molar-refractivity contribution in [2.45, 2.75) is 0 Å². The Morgan fingerprint density at radius 2 is 2.21 bits per heavy atom. The van der Waals surface area contributed by atoms with Gasteiger partial charge in [0.25, 0.3) is 5.91 Å². The van der Waals surface area contributed by atoms with Gasteiger partial charge in [0.15, 0.2) is 5.82 Å². The van der Waals surface area contributed by atoms with Gasteiger partial charge in [-0.2, -0.15) is 5.10 Å². The quantitative estimate of drug-likeness (QED) is 0.709. The summed E-state index contributed by atoms with van der Waals surface area (Å²) in [5.41, 5.74) is 7.17. The van der Waals surface area contributed by atoms with Crippen LogP contribution in [-0.2, 0) is 0 Å². The summed E-state index contributed by atoms with van der Waals surface area (Å²) in [6, 6.07) is 3.37. The molecule has 0 radical (unpaired) electrons. The summed E-state index contributed by atoms with van der Waals surface area (Å²) in [6.07, 6.45) is 7.87. The molecule has 0 unspecified atom stereocenters. The largest absolute Gasteiger partial charge is 0.396 e. The average Bonchev–Trinajstić information content (AvgIpc) is 2.85. The van der Waals surface area contributed by atoms with Gasteiger partial charge in [0, 0.05) is 18.6 Å². The van der Waals surface area contributed by atoms with Gasteiger partial charge in [-0.05, 0) is 12.1 Å². The summed E-state index contributed by atoms with van der Waals surface area (Å²) in [7, 11) is 0. The Labute approximate surface area is 108 Å². The van der Waals surface area contributed by atoms with Crippen LogP contribution in [0.1, 0.15) is 10.4 Å². The van der Waals surface area contributed by atoms with Crippen LogP contribution in [0.15, 0.2) is 43.1 Å². The van der Waals surface area contributed by atoms with E-state index < -0.39 is 0 Å². The lowest BCUT2D eigenvalue weighted by atomic mass is 10.2. The molecule has 3 N–H and O–H groups in total. The molecule has 3 heterocycles. The Kier molecular flexibility index (Phi) is 2.57. The second kappa shape index (κ2) is 4.37. The number of carbonyl (C=O) groups excluding carboxylic acids is 1. The molecule has 7 heteroatoms. The second-order valence-electron chi connectivity index (χ2n) is 3.86. The van der Waals surface area contributed by atoms with Crippen LogP contribution in [0.4, 0.5) is 11.5 Å². The molecule has 0 atom stereocenters. The fourth-order valence-electron chi connectivity index (χ4n) is 1.71. The molecule has 0 saturated carbocycles. The molecule has 19 heavy (non-hydrogen) atoms. The summed E-state index contributed by atoms with van der Waals surface area (Å²) in [4.78, 5) is 20.1. The average molecular weight is 254 g/mol. The van der Waals surface area contributed by atoms with Crippen molar-refractivity contribution in [2.75, 3.05) is 11.1 Å². The zero-order chi connectivity index (χ0) is 13.2. The van der Waals surface area contributed by atoms with E-state index in [2.05, 4.69) is 20.4 Å². The van der Waals surface area contributed by atoms with Crippen LogP contribution >= 0.6 is 0 Å². The van der Waals surface area contributed by atoms with Crippen LogP contribution in [0, 0.1) is 0 Å². The molecule has 94 valence electrons. The van der Waals surface area contributed by atoms with E-state index in [1.165, 1.54) is 6.20 Å². The highest BCUT2D eigenvalue weighted by molar-refractivity contribution is 6.09. The Bertz CT molecular complexity index is 751. The molecule has 0 spiro atoms. The van der Waals surface area contributed by atoms with Crippen molar-refractivity contribution in [1.82, 2.24) is 19.6 Å². The normalized spacial score (nSPS) is 10.5. The zero-order valence-electron chi connectivity index (χ0n) is 9.82. The number of carbonyl (C=O) groups is 1. The first-order chi connectivity index (χ1) is 9.25. The fraction of sp³-hybridized carbons (Fsp3) is 0. The molecule has 0 aromatic carbocycles. The van der Waals surface area contributed by atoms with E-state index in [-0.39, 0.29) is 5.91 Å². The summed E-state index contributed by atoms with van der Waals surface area (Å²) >= 11 is 0. The van der Waals surface area contributed by atoms with Crippen molar-refractivity contribution in [1.29, 1.82) is 0 Å². The van der Waals surface area contributed by atoms with E-state index >= 15 is 0 Å². The second-order valence-corrected chi connectivity index (χ2v) is 3.86. The Hall–Kier alpha value is -2.96. The molecule has 0 bridgehead atoms. The number of rotatable bonds is 2. The molecular weight excluding hydrogens is 244 g/mol. The maximum atomic E-state index is 12.2. The predicted octanol–water partition coefficient (Wildman–Crippen LogP) is 0.959. The molecule has 3 rings (SSSR count). The Morgan fingerprint density at radius 1 is 1.32 bits per heavy atom. The highest BCUT2D eigenvalue weighted by atomic mass is 16.1. The number of nitrogen functional groups attached to an aromatic ring is 1. The lowest BCUT2D eigenvalue weighted by molar-refractivity contribution is 0.102. The van der Waals surface area contributed by atoms with E-state index in [4.69, 9.17) is 5.73 Å². The summed E-state index contributed by atoms with van der Waals surface area (Å²) in [5, 5.41) is 6.72. The maximum absolute atomic E-state index is 12.2. The minimum absolute atomic E-state index is 0.326. The van der Waals surface area contributed by atoms with Crippen molar-refractivity contribution >= 4 is 22.9 Å². The molecule has 7 nitrogen and oxygen atoms in total. The van der Waals surface area contributed by atoms with E-state index in [1.807, 2.05) is 0 Å². The topological polar surface area (TPSA) is 98.2 Å². The third-order valence-corrected chi connectivity index (χ3v) is 2.64. The number of nitrogens with two attached hydrogens (primary N) is 1. The first kappa shape index (κ1) is 11.1. The molecule has 0 fully saturated rings. The van der Waals surface area contributed by atoms with Crippen molar-refractivity contribution in [3.8, 4) is 0 Å². The van der Waals surface area contributed by atoms with Gasteiger partial charge in [-0.15, -0.1) is 0 Å². The fourth-order valence-corrected chi connectivity index (χ4v) is 1.71. The minimum atomic E-state index is -0.326. The molecule has 0 aliphatic carbocycles. The van der Waals surface area contributed by atoms with Crippen LogP contribution in [0.2, 0.25) is 0 Å². The highest BCUT2D eigenvalue weighted by Gasteiger charge is 2.14. The van der Waals surface area contributed by atoms with Crippen LogP contribution in [0.25, 0.3) is 5.52 Å². The van der Waals surface area contributed by atoms with E-state index in [0.29, 0.717) is 22.6 Å². The molecular formula is C12H10N6O. The smallest absolute Gasteiger partial charge is 0.260 e. The number of anilines is 2. The Balaban J connectivity index is 1.95. The molecule has 0 saturated heterocycles. The number of hydrogen-bond donors (Lipinski definition) is 2. The van der Waals surface area contributed by atoms with Gasteiger partial charge in [0.2, 0.25) is 0 Å². The predicted molar refractivity (Wildman–Crippen MR) is 69.6 cm³/mol. The molecule has 0 aliphatic heterocycles. The van der Waals surface area contributed by atoms with Gasteiger partial charge in [-0.1, -0.05) is 0 Å². The van der Waals surface area contributed by atoms with Gasteiger partial charge in [0.1, 0.15) is 0 Å². The monoisotopic (exact) mass is 254 g/mol. The summed E-state index contributed by atoms with van der Waals surface area (Å²) in [6.45, 7) is 0. The molecule has 0 aliphatic rings. The lowest BCUT2D eigenvalue weighted by Crippen LogP contribution is -2.14. The first-order valence-electron chi connectivity index (χ1n) is 5.55. The number of hydrogen-bond acceptors (Lipinski definition) is 5. The van der Waals surface area contributed by atoms with Gasteiger partial charge >= 0.3 is 0 Å². The summed E-state index contributed by atoms with van der Waals surface area (Å²) < 4.78 is 1.57. The van der Waals surface area contributed by atoms with Crippen molar-refractivity contribution in [2.24, 2.45) is 0 Å². The third kappa shape index (κ3) is 1.97. The van der Waals surface area contributed by atoms with E-state index in [9.17, 15) is 4.79 Å². The van der Waals surface area contributed by atoms with Crippen LogP contribution in [0.3, 0.4) is 0 Å². The standard InChI is InChI=1S/C12H10N6O/c13-9-2-1-3-15-11(9)17-12(19)8-6-16-18-5-4-14-7-10(8)18/h1-7H,13H2,(H,15,17,19). The minimum Gasteiger partial charge on any atom is -0.396 e. The number of nitrogens with one attached hydrogen (secondary N) is 1. The van der Waals surface area contributed by atoms with Crippen molar-refractivity contribution < 1.29 is 4.79 Å². The van der Waals surface area contributed by atoms with Crippen LogP contribution in [0.5, 0.6) is 0 Å². The van der Waals surface area contributed by atoms with E-state index in [0.717, 1.165) is 0 Å². The molecule has 3 aromatic rings. The zero-order valence-corrected chi connectivity index (χ0v) is 9.82. The number of nitrogens with zero attached hydrogens (tertiary/aromatic N) is 4. The Morgan fingerprint density at radius 3 is 3.05 bits per heavy atom. The van der Waals surface area contributed by atoms with Crippen molar-refractivity contribution in [3.05, 3.63) is 48.7 Å². The van der Waals surface area contributed by atoms with Gasteiger partial charge in [0.05, 0.1) is 29.2 Å². The van der Waals surface area contributed by atoms with Gasteiger partial charge in [-0.3, -0.25) is 9.78 Å². The maximum Gasteiger partial charge on any atom is 0.260 e. The van der Waals surface area contributed by atoms with Gasteiger partial charge in [-0.25, -0.2) is 9.50 Å². The number of amides is 1. The van der Waals surface area contributed by atoms with Gasteiger partial charge < -0.3 is 11.1 Å². The summed E-state index contributed by atoms with van der Waals surface area (Å²) in [5.74, 6) is 0.00383. The molecule has 1 amide bonds. The number of aromatic nitrogens is 4. The lowest BCUT2D eigenvalue weighted by Gasteiger charge is -2.05. The number of pyridine rings is 1. The first-order valence-corrected chi connectivity index (χ1v) is 5.55. The number of fused-ring (bicyclic) bond motifs is 1. The highest BCUT2D eigenvalue weighted by Crippen LogP contribution is 2.16. The van der Waals surface area contributed by atoms with Crippen LogP contribution < -0.4 is 11.1 Å².